The maximum Gasteiger partial charge on any atom is 0.306 e. The van der Waals surface area contributed by atoms with Gasteiger partial charge in [0.2, 0.25) is 0 Å². The Bertz CT molecular complexity index is 816. The third-order valence-corrected chi connectivity index (χ3v) is 6.80. The summed E-state index contributed by atoms with van der Waals surface area (Å²) in [6.07, 6.45) is 4.56. The number of carbonyl (C=O) groups excluding carboxylic acids is 2. The van der Waals surface area contributed by atoms with E-state index in [1.165, 1.54) is 0 Å². The van der Waals surface area contributed by atoms with Crippen LogP contribution in [0.5, 0.6) is 0 Å². The SMILES string of the molecule is COCc1cccc(C[C@H](O)C=C[C@H]2[C@H](O)CC(=O)[C@@H]2CCSCCCC(=O)OC(C)(C)C)c1. The molecule has 0 heterocycles. The minimum atomic E-state index is -0.705. The van der Waals surface area contributed by atoms with Crippen LogP contribution in [0.3, 0.4) is 0 Å². The van der Waals surface area contributed by atoms with Gasteiger partial charge in [0, 0.05) is 38.2 Å². The number of ether oxygens (including phenoxy) is 2. The van der Waals surface area contributed by atoms with Crippen molar-refractivity contribution in [3.8, 4) is 0 Å². The number of Topliss-reactive ketones (excluding diaryl/α,β-unsaturated/α-hetero) is 1. The molecule has 1 fully saturated rings. The van der Waals surface area contributed by atoms with Gasteiger partial charge in [-0.3, -0.25) is 9.59 Å². The van der Waals surface area contributed by atoms with Gasteiger partial charge in [-0.05, 0) is 56.2 Å². The van der Waals surface area contributed by atoms with E-state index in [0.29, 0.717) is 25.9 Å². The van der Waals surface area contributed by atoms with Crippen LogP contribution in [0.15, 0.2) is 36.4 Å². The molecule has 0 bridgehead atoms. The topological polar surface area (TPSA) is 93.1 Å². The van der Waals surface area contributed by atoms with Gasteiger partial charge in [-0.25, -0.2) is 0 Å². The summed E-state index contributed by atoms with van der Waals surface area (Å²) in [5.74, 6) is 1.00. The van der Waals surface area contributed by atoms with Crippen LogP contribution >= 0.6 is 11.8 Å². The van der Waals surface area contributed by atoms with Gasteiger partial charge in [-0.1, -0.05) is 36.4 Å². The average Bonchev–Trinajstić information content (AvgIpc) is 3.00. The van der Waals surface area contributed by atoms with E-state index in [9.17, 15) is 19.8 Å². The Morgan fingerprint density at radius 1 is 1.26 bits per heavy atom. The minimum Gasteiger partial charge on any atom is -0.460 e. The van der Waals surface area contributed by atoms with Gasteiger partial charge >= 0.3 is 5.97 Å². The van der Waals surface area contributed by atoms with Crippen LogP contribution in [0, 0.1) is 11.8 Å². The predicted molar refractivity (Wildman–Crippen MR) is 136 cm³/mol. The molecule has 34 heavy (non-hydrogen) atoms. The highest BCUT2D eigenvalue weighted by Gasteiger charge is 2.39. The van der Waals surface area contributed by atoms with Crippen molar-refractivity contribution in [2.45, 2.75) is 77.3 Å². The number of thioether (sulfide) groups is 1. The van der Waals surface area contributed by atoms with E-state index in [1.807, 2.05) is 51.1 Å². The smallest absolute Gasteiger partial charge is 0.306 e. The Kier molecular flexibility index (Phi) is 11.8. The molecule has 0 saturated heterocycles. The standard InChI is InChI=1S/C27H40O6S/c1-27(2,3)33-26(31)9-6-13-34-14-12-23-22(24(29)17-25(23)30)11-10-21(28)16-19-7-5-8-20(15-19)18-32-4/h5,7-8,10-11,15,21-24,28-29H,6,9,12-14,16-18H2,1-4H3/t21-,22-,23-,24-/m1/s1. The number of hydrogen-bond acceptors (Lipinski definition) is 7. The van der Waals surface area contributed by atoms with Crippen LogP contribution in [0.1, 0.15) is 57.6 Å². The highest BCUT2D eigenvalue weighted by atomic mass is 32.2. The van der Waals surface area contributed by atoms with Crippen LogP contribution in [0.4, 0.5) is 0 Å². The Morgan fingerprint density at radius 3 is 2.71 bits per heavy atom. The number of methoxy groups -OCH3 is 1. The van der Waals surface area contributed by atoms with E-state index in [1.54, 1.807) is 24.9 Å². The van der Waals surface area contributed by atoms with Gasteiger partial charge < -0.3 is 19.7 Å². The van der Waals surface area contributed by atoms with Gasteiger partial charge in [0.1, 0.15) is 11.4 Å². The summed E-state index contributed by atoms with van der Waals surface area (Å²) in [6.45, 7) is 6.10. The summed E-state index contributed by atoms with van der Waals surface area (Å²) in [6, 6.07) is 7.90. The second-order valence-corrected chi connectivity index (χ2v) is 11.1. The van der Waals surface area contributed by atoms with Crippen LogP contribution in [0.2, 0.25) is 0 Å². The molecule has 0 aliphatic heterocycles. The lowest BCUT2D eigenvalue weighted by molar-refractivity contribution is -0.154. The first-order chi connectivity index (χ1) is 16.1. The second-order valence-electron chi connectivity index (χ2n) is 9.92. The Hall–Kier alpha value is -1.67. The van der Waals surface area contributed by atoms with Crippen molar-refractivity contribution in [3.63, 3.8) is 0 Å². The highest BCUT2D eigenvalue weighted by molar-refractivity contribution is 7.99. The molecule has 7 heteroatoms. The summed E-state index contributed by atoms with van der Waals surface area (Å²) in [4.78, 5) is 24.2. The second kappa shape index (κ2) is 14.0. The number of aliphatic hydroxyl groups excluding tert-OH is 2. The van der Waals surface area contributed by atoms with Gasteiger partial charge in [-0.15, -0.1) is 0 Å². The number of esters is 1. The van der Waals surface area contributed by atoms with Crippen molar-refractivity contribution in [2.75, 3.05) is 18.6 Å². The van der Waals surface area contributed by atoms with E-state index in [0.717, 1.165) is 29.1 Å². The molecular formula is C27H40O6S. The van der Waals surface area contributed by atoms with Gasteiger partial charge in [0.25, 0.3) is 0 Å². The monoisotopic (exact) mass is 492 g/mol. The molecule has 1 saturated carbocycles. The van der Waals surface area contributed by atoms with Crippen LogP contribution < -0.4 is 0 Å². The quantitative estimate of drug-likeness (QED) is 0.243. The van der Waals surface area contributed by atoms with Crippen molar-refractivity contribution in [3.05, 3.63) is 47.5 Å². The molecule has 1 aromatic carbocycles. The first-order valence-electron chi connectivity index (χ1n) is 12.0. The summed E-state index contributed by atoms with van der Waals surface area (Å²) in [5, 5.41) is 20.9. The molecule has 0 spiro atoms. The normalized spacial score (nSPS) is 21.8. The molecule has 2 N–H and O–H groups in total. The lowest BCUT2D eigenvalue weighted by Crippen LogP contribution is -2.23. The zero-order valence-corrected chi connectivity index (χ0v) is 21.7. The fraction of sp³-hybridized carbons (Fsp3) is 0.630. The van der Waals surface area contributed by atoms with Gasteiger partial charge in [0.05, 0.1) is 18.8 Å². The summed E-state index contributed by atoms with van der Waals surface area (Å²) >= 11 is 1.71. The fourth-order valence-electron chi connectivity index (χ4n) is 4.19. The molecule has 4 atom stereocenters. The molecule has 190 valence electrons. The lowest BCUT2D eigenvalue weighted by Gasteiger charge is -2.19. The van der Waals surface area contributed by atoms with E-state index < -0.39 is 17.8 Å². The first kappa shape index (κ1) is 28.6. The Morgan fingerprint density at radius 2 is 2.00 bits per heavy atom. The van der Waals surface area contributed by atoms with Crippen LogP contribution in [-0.2, 0) is 32.1 Å². The number of ketones is 1. The lowest BCUT2D eigenvalue weighted by atomic mass is 9.91. The molecule has 1 aliphatic rings. The summed E-state index contributed by atoms with van der Waals surface area (Å²) < 4.78 is 10.5. The fourth-order valence-corrected chi connectivity index (χ4v) is 5.17. The summed E-state index contributed by atoms with van der Waals surface area (Å²) in [5.41, 5.74) is 1.60. The van der Waals surface area contributed by atoms with E-state index in [2.05, 4.69) is 0 Å². The number of carbonyl (C=O) groups is 2. The Balaban J connectivity index is 1.78. The van der Waals surface area contributed by atoms with E-state index in [4.69, 9.17) is 9.47 Å². The maximum absolute atomic E-state index is 12.4. The van der Waals surface area contributed by atoms with Gasteiger partial charge in [0.15, 0.2) is 0 Å². The van der Waals surface area contributed by atoms with Crippen molar-refractivity contribution in [1.82, 2.24) is 0 Å². The summed E-state index contributed by atoms with van der Waals surface area (Å²) in [7, 11) is 1.65. The van der Waals surface area contributed by atoms with Crippen molar-refractivity contribution < 1.29 is 29.3 Å². The third kappa shape index (κ3) is 10.3. The zero-order valence-electron chi connectivity index (χ0n) is 20.9. The molecule has 1 aromatic rings. The van der Waals surface area contributed by atoms with E-state index in [-0.39, 0.29) is 30.0 Å². The third-order valence-electron chi connectivity index (χ3n) is 5.70. The maximum atomic E-state index is 12.4. The van der Waals surface area contributed by atoms with Crippen molar-refractivity contribution >= 4 is 23.5 Å². The number of benzene rings is 1. The van der Waals surface area contributed by atoms with Crippen molar-refractivity contribution in [1.29, 1.82) is 0 Å². The molecule has 1 aliphatic carbocycles. The van der Waals surface area contributed by atoms with E-state index >= 15 is 0 Å². The molecule has 0 unspecified atom stereocenters. The molecule has 0 aromatic heterocycles. The molecular weight excluding hydrogens is 452 g/mol. The number of hydrogen-bond donors (Lipinski definition) is 2. The first-order valence-corrected chi connectivity index (χ1v) is 13.2. The minimum absolute atomic E-state index is 0.0817. The predicted octanol–water partition coefficient (Wildman–Crippen LogP) is 4.10. The molecule has 2 rings (SSSR count). The van der Waals surface area contributed by atoms with Crippen LogP contribution in [0.25, 0.3) is 0 Å². The highest BCUT2D eigenvalue weighted by Crippen LogP contribution is 2.34. The largest absolute Gasteiger partial charge is 0.460 e. The van der Waals surface area contributed by atoms with Crippen molar-refractivity contribution in [2.24, 2.45) is 11.8 Å². The number of rotatable bonds is 13. The average molecular weight is 493 g/mol. The molecule has 0 amide bonds. The number of aliphatic hydroxyl groups is 2. The van der Waals surface area contributed by atoms with Gasteiger partial charge in [-0.2, -0.15) is 11.8 Å². The molecule has 0 radical (unpaired) electrons. The Labute approximate surface area is 208 Å². The molecule has 6 nitrogen and oxygen atoms in total. The van der Waals surface area contributed by atoms with Crippen LogP contribution in [-0.4, -0.2) is 58.4 Å². The zero-order chi connectivity index (χ0) is 25.1.